The summed E-state index contributed by atoms with van der Waals surface area (Å²) in [4.78, 5) is 7.68. The number of imidazole rings is 1. The van der Waals surface area contributed by atoms with Crippen molar-refractivity contribution in [1.29, 1.82) is 5.26 Å². The van der Waals surface area contributed by atoms with Crippen molar-refractivity contribution in [1.82, 2.24) is 9.97 Å². The second-order valence-corrected chi connectivity index (χ2v) is 5.53. The Bertz CT molecular complexity index is 590. The van der Waals surface area contributed by atoms with E-state index in [-0.39, 0.29) is 6.04 Å². The third kappa shape index (κ3) is 3.69. The molecular weight excluding hydrogens is 248 g/mol. The molecule has 1 atom stereocenters. The highest BCUT2D eigenvalue weighted by molar-refractivity contribution is 5.59. The molecule has 0 saturated carbocycles. The van der Waals surface area contributed by atoms with E-state index in [4.69, 9.17) is 11.0 Å². The van der Waals surface area contributed by atoms with Gasteiger partial charge in [-0.25, -0.2) is 4.98 Å². The van der Waals surface area contributed by atoms with E-state index in [2.05, 4.69) is 29.9 Å². The molecule has 1 aromatic carbocycles. The molecule has 0 fully saturated rings. The highest BCUT2D eigenvalue weighted by Gasteiger charge is 2.10. The largest absolute Gasteiger partial charge is 0.342 e. The summed E-state index contributed by atoms with van der Waals surface area (Å²) in [7, 11) is 0. The van der Waals surface area contributed by atoms with E-state index >= 15 is 0 Å². The van der Waals surface area contributed by atoms with Crippen LogP contribution in [-0.2, 0) is 6.42 Å². The van der Waals surface area contributed by atoms with Crippen LogP contribution in [0.3, 0.4) is 0 Å². The lowest BCUT2D eigenvalue weighted by Crippen LogP contribution is -2.25. The van der Waals surface area contributed by atoms with E-state index in [1.165, 1.54) is 0 Å². The third-order valence-electron chi connectivity index (χ3n) is 3.18. The Hall–Kier alpha value is -2.12. The normalized spacial score (nSPS) is 12.3. The second kappa shape index (κ2) is 6.36. The summed E-state index contributed by atoms with van der Waals surface area (Å²) in [5, 5.41) is 8.79. The number of aromatic amines is 1. The maximum absolute atomic E-state index is 8.79. The molecule has 0 aliphatic carbocycles. The van der Waals surface area contributed by atoms with Gasteiger partial charge in [-0.1, -0.05) is 26.0 Å². The average Bonchev–Trinajstić information content (AvgIpc) is 2.86. The average molecular weight is 268 g/mol. The fourth-order valence-corrected chi connectivity index (χ4v) is 2.27. The Morgan fingerprint density at radius 3 is 2.60 bits per heavy atom. The van der Waals surface area contributed by atoms with Gasteiger partial charge in [0.15, 0.2) is 0 Å². The SMILES string of the molecule is CC(C)C[C@@H](N)Cc1ncc(-c2ccc(C#N)cc2)[nH]1. The first-order valence-electron chi connectivity index (χ1n) is 6.88. The van der Waals surface area contributed by atoms with Gasteiger partial charge in [-0.05, 0) is 30.0 Å². The molecule has 0 radical (unpaired) electrons. The van der Waals surface area contributed by atoms with E-state index in [1.807, 2.05) is 18.3 Å². The Labute approximate surface area is 119 Å². The van der Waals surface area contributed by atoms with Gasteiger partial charge >= 0.3 is 0 Å². The molecule has 20 heavy (non-hydrogen) atoms. The van der Waals surface area contributed by atoms with Crippen molar-refractivity contribution in [2.45, 2.75) is 32.7 Å². The van der Waals surface area contributed by atoms with Crippen LogP contribution in [0.4, 0.5) is 0 Å². The summed E-state index contributed by atoms with van der Waals surface area (Å²) < 4.78 is 0. The summed E-state index contributed by atoms with van der Waals surface area (Å²) in [6, 6.07) is 9.70. The third-order valence-corrected chi connectivity index (χ3v) is 3.18. The molecule has 0 bridgehead atoms. The molecule has 1 aromatic heterocycles. The van der Waals surface area contributed by atoms with Crippen molar-refractivity contribution < 1.29 is 0 Å². The lowest BCUT2D eigenvalue weighted by Gasteiger charge is -2.12. The van der Waals surface area contributed by atoms with Gasteiger partial charge in [-0.15, -0.1) is 0 Å². The Kier molecular flexibility index (Phi) is 4.54. The Morgan fingerprint density at radius 1 is 1.30 bits per heavy atom. The number of H-pyrrole nitrogens is 1. The highest BCUT2D eigenvalue weighted by atomic mass is 14.9. The molecular formula is C16H20N4. The Morgan fingerprint density at radius 2 is 2.00 bits per heavy atom. The number of aromatic nitrogens is 2. The monoisotopic (exact) mass is 268 g/mol. The van der Waals surface area contributed by atoms with E-state index in [9.17, 15) is 0 Å². The molecule has 0 saturated heterocycles. The molecule has 1 heterocycles. The van der Waals surface area contributed by atoms with Crippen LogP contribution in [0.2, 0.25) is 0 Å². The Balaban J connectivity index is 2.06. The number of nitrogens with two attached hydrogens (primary N) is 1. The van der Waals surface area contributed by atoms with Crippen LogP contribution >= 0.6 is 0 Å². The first kappa shape index (κ1) is 14.3. The molecule has 0 spiro atoms. The van der Waals surface area contributed by atoms with Gasteiger partial charge in [0.25, 0.3) is 0 Å². The van der Waals surface area contributed by atoms with Crippen LogP contribution in [0.5, 0.6) is 0 Å². The van der Waals surface area contributed by atoms with Crippen LogP contribution in [0, 0.1) is 17.2 Å². The predicted molar refractivity (Wildman–Crippen MR) is 79.9 cm³/mol. The fraction of sp³-hybridized carbons (Fsp3) is 0.375. The summed E-state index contributed by atoms with van der Waals surface area (Å²) >= 11 is 0. The van der Waals surface area contributed by atoms with Crippen LogP contribution in [0.25, 0.3) is 11.3 Å². The van der Waals surface area contributed by atoms with Gasteiger partial charge in [0.1, 0.15) is 5.82 Å². The minimum atomic E-state index is 0.134. The topological polar surface area (TPSA) is 78.5 Å². The lowest BCUT2D eigenvalue weighted by molar-refractivity contribution is 0.488. The maximum Gasteiger partial charge on any atom is 0.108 e. The summed E-state index contributed by atoms with van der Waals surface area (Å²) in [5.41, 5.74) is 8.74. The van der Waals surface area contributed by atoms with E-state index < -0.39 is 0 Å². The van der Waals surface area contributed by atoms with Crippen molar-refractivity contribution in [2.24, 2.45) is 11.7 Å². The number of hydrogen-bond acceptors (Lipinski definition) is 3. The standard InChI is InChI=1S/C16H20N4/c1-11(2)7-14(18)8-16-19-10-15(20-16)13-5-3-12(9-17)4-6-13/h3-6,10-11,14H,7-8,18H2,1-2H3,(H,19,20)/t14-/m1/s1. The number of nitrogens with one attached hydrogen (secondary N) is 1. The van der Waals surface area contributed by atoms with Crippen LogP contribution in [0.15, 0.2) is 30.5 Å². The zero-order valence-electron chi connectivity index (χ0n) is 11.9. The van der Waals surface area contributed by atoms with Crippen molar-refractivity contribution >= 4 is 0 Å². The van der Waals surface area contributed by atoms with E-state index in [1.54, 1.807) is 12.1 Å². The molecule has 0 unspecified atom stereocenters. The van der Waals surface area contributed by atoms with Gasteiger partial charge in [-0.2, -0.15) is 5.26 Å². The number of hydrogen-bond donors (Lipinski definition) is 2. The van der Waals surface area contributed by atoms with E-state index in [0.29, 0.717) is 11.5 Å². The summed E-state index contributed by atoms with van der Waals surface area (Å²) in [6.45, 7) is 4.34. The van der Waals surface area contributed by atoms with Gasteiger partial charge in [0.05, 0.1) is 23.5 Å². The van der Waals surface area contributed by atoms with Crippen molar-refractivity contribution in [3.8, 4) is 17.3 Å². The van der Waals surface area contributed by atoms with Crippen molar-refractivity contribution in [3.05, 3.63) is 41.9 Å². The van der Waals surface area contributed by atoms with Crippen LogP contribution < -0.4 is 5.73 Å². The van der Waals surface area contributed by atoms with Crippen molar-refractivity contribution in [2.75, 3.05) is 0 Å². The quantitative estimate of drug-likeness (QED) is 0.875. The highest BCUT2D eigenvalue weighted by Crippen LogP contribution is 2.18. The first-order valence-corrected chi connectivity index (χ1v) is 6.88. The minimum Gasteiger partial charge on any atom is -0.342 e. The predicted octanol–water partition coefficient (Wildman–Crippen LogP) is 2.86. The zero-order valence-corrected chi connectivity index (χ0v) is 11.9. The molecule has 2 rings (SSSR count). The van der Waals surface area contributed by atoms with Crippen LogP contribution in [-0.4, -0.2) is 16.0 Å². The van der Waals surface area contributed by atoms with E-state index in [0.717, 1.165) is 29.9 Å². The molecule has 104 valence electrons. The molecule has 0 amide bonds. The molecule has 2 aromatic rings. The smallest absolute Gasteiger partial charge is 0.108 e. The number of nitrogens with zero attached hydrogens (tertiary/aromatic N) is 2. The molecule has 3 N–H and O–H groups in total. The van der Waals surface area contributed by atoms with Gasteiger partial charge in [0.2, 0.25) is 0 Å². The lowest BCUT2D eigenvalue weighted by atomic mass is 10.0. The molecule has 0 aliphatic rings. The molecule has 4 heteroatoms. The van der Waals surface area contributed by atoms with Gasteiger partial charge < -0.3 is 10.7 Å². The maximum atomic E-state index is 8.79. The zero-order chi connectivity index (χ0) is 14.5. The number of nitriles is 1. The minimum absolute atomic E-state index is 0.134. The van der Waals surface area contributed by atoms with Gasteiger partial charge in [-0.3, -0.25) is 0 Å². The van der Waals surface area contributed by atoms with Crippen molar-refractivity contribution in [3.63, 3.8) is 0 Å². The fourth-order valence-electron chi connectivity index (χ4n) is 2.27. The summed E-state index contributed by atoms with van der Waals surface area (Å²) in [6.07, 6.45) is 3.57. The molecule has 4 nitrogen and oxygen atoms in total. The summed E-state index contributed by atoms with van der Waals surface area (Å²) in [5.74, 6) is 1.51. The molecule has 0 aliphatic heterocycles. The number of rotatable bonds is 5. The second-order valence-electron chi connectivity index (χ2n) is 5.53. The van der Waals surface area contributed by atoms with Gasteiger partial charge in [0, 0.05) is 12.5 Å². The number of benzene rings is 1. The first-order chi connectivity index (χ1) is 9.58. The van der Waals surface area contributed by atoms with Crippen LogP contribution in [0.1, 0.15) is 31.7 Å².